The predicted molar refractivity (Wildman–Crippen MR) is 61.8 cm³/mol. The first-order valence-electron chi connectivity index (χ1n) is 5.49. The number of hydrogen-bond acceptors (Lipinski definition) is 2. The lowest BCUT2D eigenvalue weighted by molar-refractivity contribution is 0.0306. The molecule has 0 aliphatic carbocycles. The van der Waals surface area contributed by atoms with E-state index in [0.717, 1.165) is 5.56 Å². The van der Waals surface area contributed by atoms with Crippen LogP contribution in [-0.2, 0) is 4.74 Å². The van der Waals surface area contributed by atoms with Gasteiger partial charge in [0.25, 0.3) is 0 Å². The second-order valence-electron chi connectivity index (χ2n) is 3.93. The molecule has 2 nitrogen and oxygen atoms in total. The zero-order chi connectivity index (χ0) is 11.3. The molecule has 1 aromatic carbocycles. The molecule has 0 bridgehead atoms. The number of aliphatic hydroxyl groups is 1. The smallest absolute Gasteiger partial charge is 0.0814 e. The normalized spacial score (nSPS) is 14.9. The molecule has 0 heterocycles. The Morgan fingerprint density at radius 1 is 1.27 bits per heavy atom. The topological polar surface area (TPSA) is 29.5 Å². The van der Waals surface area contributed by atoms with Gasteiger partial charge in [-0.05, 0) is 26.3 Å². The van der Waals surface area contributed by atoms with Gasteiger partial charge in [0, 0.05) is 13.0 Å². The van der Waals surface area contributed by atoms with Gasteiger partial charge in [-0.3, -0.25) is 0 Å². The van der Waals surface area contributed by atoms with Gasteiger partial charge in [-0.15, -0.1) is 0 Å². The second kappa shape index (κ2) is 5.89. The van der Waals surface area contributed by atoms with Crippen LogP contribution in [0.2, 0.25) is 0 Å². The lowest BCUT2D eigenvalue weighted by Crippen LogP contribution is -2.12. The van der Waals surface area contributed by atoms with E-state index in [1.165, 1.54) is 5.56 Å². The molecule has 0 amide bonds. The van der Waals surface area contributed by atoms with Gasteiger partial charge in [-0.25, -0.2) is 0 Å². The maximum Gasteiger partial charge on any atom is 0.0814 e. The highest BCUT2D eigenvalue weighted by Gasteiger charge is 2.11. The lowest BCUT2D eigenvalue weighted by Gasteiger charge is -2.16. The predicted octanol–water partition coefficient (Wildman–Crippen LogP) is 2.84. The first-order valence-corrected chi connectivity index (χ1v) is 5.49. The minimum absolute atomic E-state index is 0.103. The van der Waals surface area contributed by atoms with Crippen molar-refractivity contribution in [2.24, 2.45) is 0 Å². The molecular weight excluding hydrogens is 188 g/mol. The first kappa shape index (κ1) is 12.2. The first-order chi connectivity index (χ1) is 7.13. The van der Waals surface area contributed by atoms with E-state index in [9.17, 15) is 5.11 Å². The standard InChI is InChI=1S/C13H20O2/c1-4-15-11(3)9-13(14)12-7-5-10(2)6-8-12/h5-8,11,13-14H,4,9H2,1-3H3. The van der Waals surface area contributed by atoms with Crippen LogP contribution < -0.4 is 0 Å². The van der Waals surface area contributed by atoms with E-state index in [-0.39, 0.29) is 6.10 Å². The number of rotatable bonds is 5. The Morgan fingerprint density at radius 2 is 1.87 bits per heavy atom. The summed E-state index contributed by atoms with van der Waals surface area (Å²) >= 11 is 0. The van der Waals surface area contributed by atoms with Gasteiger partial charge >= 0.3 is 0 Å². The van der Waals surface area contributed by atoms with Crippen LogP contribution >= 0.6 is 0 Å². The highest BCUT2D eigenvalue weighted by molar-refractivity contribution is 5.23. The van der Waals surface area contributed by atoms with Gasteiger partial charge in [0.15, 0.2) is 0 Å². The quantitative estimate of drug-likeness (QED) is 0.806. The summed E-state index contributed by atoms with van der Waals surface area (Å²) in [5, 5.41) is 9.93. The molecular formula is C13H20O2. The van der Waals surface area contributed by atoms with Crippen molar-refractivity contribution in [3.8, 4) is 0 Å². The monoisotopic (exact) mass is 208 g/mol. The van der Waals surface area contributed by atoms with E-state index in [0.29, 0.717) is 13.0 Å². The summed E-state index contributed by atoms with van der Waals surface area (Å²) in [5.74, 6) is 0. The molecule has 0 aliphatic heterocycles. The maximum absolute atomic E-state index is 9.93. The molecule has 1 aromatic rings. The van der Waals surface area contributed by atoms with Crippen LogP contribution in [0.5, 0.6) is 0 Å². The second-order valence-corrected chi connectivity index (χ2v) is 3.93. The molecule has 1 rings (SSSR count). The summed E-state index contributed by atoms with van der Waals surface area (Å²) in [6.45, 7) is 6.69. The van der Waals surface area contributed by atoms with Crippen molar-refractivity contribution in [2.45, 2.75) is 39.4 Å². The SMILES string of the molecule is CCOC(C)CC(O)c1ccc(C)cc1. The van der Waals surface area contributed by atoms with Gasteiger partial charge < -0.3 is 9.84 Å². The van der Waals surface area contributed by atoms with Crippen molar-refractivity contribution in [1.29, 1.82) is 0 Å². The van der Waals surface area contributed by atoms with Crippen molar-refractivity contribution in [3.05, 3.63) is 35.4 Å². The van der Waals surface area contributed by atoms with Gasteiger partial charge in [-0.1, -0.05) is 29.8 Å². The van der Waals surface area contributed by atoms with Crippen LogP contribution in [-0.4, -0.2) is 17.8 Å². The summed E-state index contributed by atoms with van der Waals surface area (Å²) in [4.78, 5) is 0. The van der Waals surface area contributed by atoms with Crippen molar-refractivity contribution in [2.75, 3.05) is 6.61 Å². The van der Waals surface area contributed by atoms with Gasteiger partial charge in [0.2, 0.25) is 0 Å². The van der Waals surface area contributed by atoms with Crippen LogP contribution in [0, 0.1) is 6.92 Å². The van der Waals surface area contributed by atoms with E-state index in [1.54, 1.807) is 0 Å². The van der Waals surface area contributed by atoms with Crippen molar-refractivity contribution in [3.63, 3.8) is 0 Å². The molecule has 0 saturated heterocycles. The minimum atomic E-state index is -0.424. The Labute approximate surface area is 91.9 Å². The third kappa shape index (κ3) is 4.02. The number of aliphatic hydroxyl groups excluding tert-OH is 1. The molecule has 2 atom stereocenters. The van der Waals surface area contributed by atoms with Crippen molar-refractivity contribution >= 4 is 0 Å². The number of ether oxygens (including phenoxy) is 1. The Bertz CT molecular complexity index is 279. The highest BCUT2D eigenvalue weighted by atomic mass is 16.5. The molecule has 0 spiro atoms. The molecule has 15 heavy (non-hydrogen) atoms. The Morgan fingerprint density at radius 3 is 2.40 bits per heavy atom. The fraction of sp³-hybridized carbons (Fsp3) is 0.538. The molecule has 2 unspecified atom stereocenters. The summed E-state index contributed by atoms with van der Waals surface area (Å²) in [6, 6.07) is 7.98. The molecule has 2 heteroatoms. The molecule has 0 radical (unpaired) electrons. The zero-order valence-electron chi connectivity index (χ0n) is 9.73. The fourth-order valence-electron chi connectivity index (χ4n) is 1.59. The Kier molecular flexibility index (Phi) is 4.79. The average molecular weight is 208 g/mol. The van der Waals surface area contributed by atoms with Crippen molar-refractivity contribution < 1.29 is 9.84 Å². The van der Waals surface area contributed by atoms with E-state index in [1.807, 2.05) is 45.0 Å². The highest BCUT2D eigenvalue weighted by Crippen LogP contribution is 2.19. The third-order valence-electron chi connectivity index (χ3n) is 2.47. The van der Waals surface area contributed by atoms with Gasteiger partial charge in [-0.2, -0.15) is 0 Å². The summed E-state index contributed by atoms with van der Waals surface area (Å²) in [5.41, 5.74) is 2.18. The van der Waals surface area contributed by atoms with Crippen molar-refractivity contribution in [1.82, 2.24) is 0 Å². The van der Waals surface area contributed by atoms with Crippen LogP contribution in [0.1, 0.15) is 37.5 Å². The van der Waals surface area contributed by atoms with E-state index >= 15 is 0 Å². The lowest BCUT2D eigenvalue weighted by atomic mass is 10.0. The number of hydrogen-bond donors (Lipinski definition) is 1. The molecule has 0 aliphatic rings. The van der Waals surface area contributed by atoms with Crippen LogP contribution in [0.25, 0.3) is 0 Å². The van der Waals surface area contributed by atoms with Crippen LogP contribution in [0.3, 0.4) is 0 Å². The average Bonchev–Trinajstić information content (AvgIpc) is 2.18. The van der Waals surface area contributed by atoms with Crippen LogP contribution in [0.15, 0.2) is 24.3 Å². The maximum atomic E-state index is 9.93. The van der Waals surface area contributed by atoms with Gasteiger partial charge in [0.05, 0.1) is 12.2 Å². The zero-order valence-corrected chi connectivity index (χ0v) is 9.73. The molecule has 1 N–H and O–H groups in total. The largest absolute Gasteiger partial charge is 0.388 e. The summed E-state index contributed by atoms with van der Waals surface area (Å²) < 4.78 is 5.40. The van der Waals surface area contributed by atoms with E-state index < -0.39 is 6.10 Å². The fourth-order valence-corrected chi connectivity index (χ4v) is 1.59. The van der Waals surface area contributed by atoms with E-state index in [2.05, 4.69) is 0 Å². The molecule has 0 fully saturated rings. The minimum Gasteiger partial charge on any atom is -0.388 e. The molecule has 0 aromatic heterocycles. The van der Waals surface area contributed by atoms with E-state index in [4.69, 9.17) is 4.74 Å². The molecule has 84 valence electrons. The number of benzene rings is 1. The Balaban J connectivity index is 2.53. The third-order valence-corrected chi connectivity index (χ3v) is 2.47. The number of aryl methyl sites for hydroxylation is 1. The Hall–Kier alpha value is -0.860. The molecule has 0 saturated carbocycles. The van der Waals surface area contributed by atoms with Gasteiger partial charge in [0.1, 0.15) is 0 Å². The summed E-state index contributed by atoms with van der Waals surface area (Å²) in [7, 11) is 0. The van der Waals surface area contributed by atoms with Crippen LogP contribution in [0.4, 0.5) is 0 Å². The summed E-state index contributed by atoms with van der Waals surface area (Å²) in [6.07, 6.45) is 0.329.